The molecule has 8 heteroatoms. The molecule has 0 unspecified atom stereocenters. The lowest BCUT2D eigenvalue weighted by molar-refractivity contribution is 1.07. The van der Waals surface area contributed by atoms with Crippen molar-refractivity contribution in [3.05, 3.63) is 11.8 Å². The number of aromatic nitrogens is 2. The highest BCUT2D eigenvalue weighted by Crippen LogP contribution is 2.13. The highest BCUT2D eigenvalue weighted by atomic mass is 15.1. The zero-order valence-corrected chi connectivity index (χ0v) is 8.18. The zero-order valence-electron chi connectivity index (χ0n) is 8.18. The first-order valence-electron chi connectivity index (χ1n) is 4.02. The fraction of sp³-hybridized carbons (Fsp3) is 0.143. The van der Waals surface area contributed by atoms with Crippen LogP contribution in [-0.4, -0.2) is 21.9 Å². The van der Waals surface area contributed by atoms with Crippen LogP contribution in [0.5, 0.6) is 0 Å². The molecule has 0 aliphatic rings. The SMILES string of the molecule is Cc1cc(N=C(N)N)nc(N=C(N)N)n1. The van der Waals surface area contributed by atoms with Crippen molar-refractivity contribution in [3.8, 4) is 0 Å². The predicted octanol–water partition coefficient (Wildman–Crippen LogP) is -1.41. The number of aryl methyl sites for hydroxylation is 1. The Hall–Kier alpha value is -2.38. The second kappa shape index (κ2) is 4.22. The van der Waals surface area contributed by atoms with Gasteiger partial charge in [-0.2, -0.15) is 15.0 Å². The lowest BCUT2D eigenvalue weighted by atomic mass is 10.4. The first-order chi connectivity index (χ1) is 6.97. The quantitative estimate of drug-likeness (QED) is 0.346. The Morgan fingerprint density at radius 3 is 2.20 bits per heavy atom. The van der Waals surface area contributed by atoms with Crippen LogP contribution in [0.4, 0.5) is 11.8 Å². The lowest BCUT2D eigenvalue weighted by Gasteiger charge is -1.99. The van der Waals surface area contributed by atoms with E-state index in [1.54, 1.807) is 13.0 Å². The van der Waals surface area contributed by atoms with E-state index in [4.69, 9.17) is 22.9 Å². The molecule has 1 aromatic rings. The summed E-state index contributed by atoms with van der Waals surface area (Å²) >= 11 is 0. The van der Waals surface area contributed by atoms with Crippen LogP contribution >= 0.6 is 0 Å². The number of hydrogen-bond acceptors (Lipinski definition) is 4. The van der Waals surface area contributed by atoms with Crippen molar-refractivity contribution in [2.24, 2.45) is 32.9 Å². The Morgan fingerprint density at radius 1 is 1.07 bits per heavy atom. The monoisotopic (exact) mass is 208 g/mol. The molecular formula is C7H12N8. The summed E-state index contributed by atoms with van der Waals surface area (Å²) in [5.41, 5.74) is 21.5. The largest absolute Gasteiger partial charge is 0.370 e. The van der Waals surface area contributed by atoms with Gasteiger partial charge in [-0.15, -0.1) is 0 Å². The maximum absolute atomic E-state index is 5.21. The average Bonchev–Trinajstić information content (AvgIpc) is 1.98. The molecule has 1 rings (SSSR count). The highest BCUT2D eigenvalue weighted by Gasteiger charge is 2.00. The molecule has 0 fully saturated rings. The summed E-state index contributed by atoms with van der Waals surface area (Å²) in [6, 6.07) is 1.60. The Labute approximate surface area is 86.1 Å². The second-order valence-electron chi connectivity index (χ2n) is 2.74. The van der Waals surface area contributed by atoms with E-state index in [-0.39, 0.29) is 17.9 Å². The van der Waals surface area contributed by atoms with Crippen LogP contribution in [-0.2, 0) is 0 Å². The number of nitrogens with zero attached hydrogens (tertiary/aromatic N) is 4. The van der Waals surface area contributed by atoms with E-state index in [0.717, 1.165) is 0 Å². The highest BCUT2D eigenvalue weighted by molar-refractivity contribution is 5.79. The van der Waals surface area contributed by atoms with Crippen LogP contribution in [0.25, 0.3) is 0 Å². The van der Waals surface area contributed by atoms with Gasteiger partial charge in [-0.25, -0.2) is 4.98 Å². The molecule has 0 radical (unpaired) electrons. The average molecular weight is 208 g/mol. The minimum absolute atomic E-state index is 0.0937. The molecule has 0 spiro atoms. The molecule has 80 valence electrons. The second-order valence-corrected chi connectivity index (χ2v) is 2.74. The molecular weight excluding hydrogens is 196 g/mol. The summed E-state index contributed by atoms with van der Waals surface area (Å²) in [5.74, 6) is 0.206. The minimum atomic E-state index is -0.128. The molecule has 0 aliphatic carbocycles. The Bertz CT molecular complexity index is 377. The van der Waals surface area contributed by atoms with Gasteiger partial charge in [-0.1, -0.05) is 0 Å². The smallest absolute Gasteiger partial charge is 0.254 e. The summed E-state index contributed by atoms with van der Waals surface area (Å²) in [6.45, 7) is 1.75. The third-order valence-electron chi connectivity index (χ3n) is 1.30. The van der Waals surface area contributed by atoms with Crippen molar-refractivity contribution >= 4 is 23.7 Å². The van der Waals surface area contributed by atoms with Crippen LogP contribution in [0.2, 0.25) is 0 Å². The van der Waals surface area contributed by atoms with Crippen LogP contribution < -0.4 is 22.9 Å². The van der Waals surface area contributed by atoms with E-state index in [9.17, 15) is 0 Å². The first kappa shape index (κ1) is 10.7. The molecule has 0 saturated heterocycles. The van der Waals surface area contributed by atoms with Gasteiger partial charge in [-0.3, -0.25) is 0 Å². The molecule has 1 aromatic heterocycles. The molecule has 1 heterocycles. The van der Waals surface area contributed by atoms with Gasteiger partial charge in [0, 0.05) is 11.8 Å². The van der Waals surface area contributed by atoms with E-state index < -0.39 is 0 Å². The molecule has 0 aromatic carbocycles. The van der Waals surface area contributed by atoms with Gasteiger partial charge in [0.2, 0.25) is 0 Å². The number of guanidine groups is 2. The van der Waals surface area contributed by atoms with Gasteiger partial charge in [0.25, 0.3) is 5.95 Å². The first-order valence-corrected chi connectivity index (χ1v) is 4.02. The van der Waals surface area contributed by atoms with Crippen LogP contribution in [0.3, 0.4) is 0 Å². The topological polar surface area (TPSA) is 155 Å². The van der Waals surface area contributed by atoms with Gasteiger partial charge in [-0.05, 0) is 6.92 Å². The molecule has 0 saturated carbocycles. The minimum Gasteiger partial charge on any atom is -0.370 e. The molecule has 0 aliphatic heterocycles. The Kier molecular flexibility index (Phi) is 3.01. The summed E-state index contributed by atoms with van der Waals surface area (Å²) in [4.78, 5) is 15.3. The molecule has 8 nitrogen and oxygen atoms in total. The van der Waals surface area contributed by atoms with Gasteiger partial charge >= 0.3 is 0 Å². The molecule has 0 atom stereocenters. The van der Waals surface area contributed by atoms with Gasteiger partial charge in [0.1, 0.15) is 0 Å². The van der Waals surface area contributed by atoms with E-state index >= 15 is 0 Å². The van der Waals surface area contributed by atoms with Crippen molar-refractivity contribution in [1.29, 1.82) is 0 Å². The van der Waals surface area contributed by atoms with Crippen LogP contribution in [0.15, 0.2) is 16.1 Å². The van der Waals surface area contributed by atoms with Gasteiger partial charge in [0.15, 0.2) is 17.7 Å². The predicted molar refractivity (Wildman–Crippen MR) is 57.7 cm³/mol. The van der Waals surface area contributed by atoms with Crippen molar-refractivity contribution < 1.29 is 0 Å². The van der Waals surface area contributed by atoms with Gasteiger partial charge < -0.3 is 22.9 Å². The van der Waals surface area contributed by atoms with Crippen molar-refractivity contribution in [1.82, 2.24) is 9.97 Å². The lowest BCUT2D eigenvalue weighted by Crippen LogP contribution is -2.22. The maximum atomic E-state index is 5.21. The molecule has 0 amide bonds. The van der Waals surface area contributed by atoms with E-state index in [2.05, 4.69) is 20.0 Å². The normalized spacial score (nSPS) is 9.40. The molecule has 8 N–H and O–H groups in total. The fourth-order valence-corrected chi connectivity index (χ4v) is 0.892. The third-order valence-corrected chi connectivity index (χ3v) is 1.30. The van der Waals surface area contributed by atoms with Crippen molar-refractivity contribution in [3.63, 3.8) is 0 Å². The summed E-state index contributed by atoms with van der Waals surface area (Å²) < 4.78 is 0. The van der Waals surface area contributed by atoms with Crippen LogP contribution in [0, 0.1) is 6.92 Å². The standard InChI is InChI=1S/C7H12N8/c1-3-2-4(13-5(8)9)14-7(12-3)15-6(10)11/h2H,1H3,(H8,8,9,10,11,12,13,14,15). The number of rotatable bonds is 2. The van der Waals surface area contributed by atoms with E-state index in [1.165, 1.54) is 0 Å². The Morgan fingerprint density at radius 2 is 1.67 bits per heavy atom. The number of nitrogens with two attached hydrogens (primary N) is 4. The summed E-state index contributed by atoms with van der Waals surface area (Å²) in [5, 5.41) is 0. The van der Waals surface area contributed by atoms with Crippen molar-refractivity contribution in [2.75, 3.05) is 0 Å². The van der Waals surface area contributed by atoms with Gasteiger partial charge in [0.05, 0.1) is 0 Å². The maximum Gasteiger partial charge on any atom is 0.254 e. The van der Waals surface area contributed by atoms with E-state index in [1.807, 2.05) is 0 Å². The molecule has 0 bridgehead atoms. The Balaban J connectivity index is 3.17. The summed E-state index contributed by atoms with van der Waals surface area (Å²) in [7, 11) is 0. The number of aliphatic imine (C=N–C) groups is 2. The number of hydrogen-bond donors (Lipinski definition) is 4. The zero-order chi connectivity index (χ0) is 11.4. The van der Waals surface area contributed by atoms with E-state index in [0.29, 0.717) is 11.5 Å². The fourth-order valence-electron chi connectivity index (χ4n) is 0.892. The summed E-state index contributed by atoms with van der Waals surface area (Å²) in [6.07, 6.45) is 0. The molecule has 15 heavy (non-hydrogen) atoms. The van der Waals surface area contributed by atoms with Crippen LogP contribution in [0.1, 0.15) is 5.69 Å². The third kappa shape index (κ3) is 3.46. The van der Waals surface area contributed by atoms with Crippen molar-refractivity contribution in [2.45, 2.75) is 6.92 Å².